The number of imide groups is 1. The van der Waals surface area contributed by atoms with E-state index in [0.29, 0.717) is 6.42 Å². The molecule has 0 radical (unpaired) electrons. The van der Waals surface area contributed by atoms with Crippen LogP contribution in [0.2, 0.25) is 0 Å². The quantitative estimate of drug-likeness (QED) is 0.423. The van der Waals surface area contributed by atoms with E-state index in [1.807, 2.05) is 0 Å². The molecule has 0 saturated carbocycles. The third-order valence-corrected chi connectivity index (χ3v) is 2.91. The zero-order chi connectivity index (χ0) is 16.5. The van der Waals surface area contributed by atoms with Gasteiger partial charge in [0.25, 0.3) is 0 Å². The molecule has 5 N–H and O–H groups in total. The molecule has 7 heteroatoms. The molecular weight excluding hydrogens is 294 g/mol. The second-order valence-electron chi connectivity index (χ2n) is 4.79. The van der Waals surface area contributed by atoms with Crippen LogP contribution in [0.15, 0.2) is 0 Å². The van der Waals surface area contributed by atoms with Crippen molar-refractivity contribution in [3.8, 4) is 0 Å². The summed E-state index contributed by atoms with van der Waals surface area (Å²) in [5, 5.41) is 1.40. The Morgan fingerprint density at radius 3 is 1.48 bits per heavy atom. The van der Waals surface area contributed by atoms with Gasteiger partial charge in [0.15, 0.2) is 0 Å². The molecule has 0 aromatic rings. The molecule has 0 aromatic carbocycles. The van der Waals surface area contributed by atoms with Crippen LogP contribution in [0.5, 0.6) is 0 Å². The lowest BCUT2D eigenvalue weighted by Crippen LogP contribution is -2.38. The molecule has 0 aliphatic carbocycles. The summed E-state index contributed by atoms with van der Waals surface area (Å²) in [5.41, 5.74) is 8.88. The van der Waals surface area contributed by atoms with Gasteiger partial charge in [0.2, 0.25) is 5.24 Å². The maximum Gasteiger partial charge on any atom is 0.320 e. The van der Waals surface area contributed by atoms with Gasteiger partial charge < -0.3 is 11.5 Å². The van der Waals surface area contributed by atoms with Crippen LogP contribution in [0.25, 0.3) is 0 Å². The maximum atomic E-state index is 10.4. The van der Waals surface area contributed by atoms with Crippen LogP contribution in [0, 0.1) is 0 Å². The summed E-state index contributed by atoms with van der Waals surface area (Å²) in [4.78, 5) is 29.7. The van der Waals surface area contributed by atoms with Crippen molar-refractivity contribution in [3.63, 3.8) is 0 Å². The molecule has 0 fully saturated rings. The Bertz CT molecular complexity index is 287. The fraction of sp³-hybridized carbons (Fsp3) is 0.786. The van der Waals surface area contributed by atoms with Crippen molar-refractivity contribution in [1.82, 2.24) is 5.32 Å². The molecule has 0 bridgehead atoms. The highest BCUT2D eigenvalue weighted by Gasteiger charge is 1.96. The van der Waals surface area contributed by atoms with Gasteiger partial charge in [0, 0.05) is 6.42 Å². The lowest BCUT2D eigenvalue weighted by molar-refractivity contribution is -0.111. The largest absolute Gasteiger partial charge is 0.351 e. The molecule has 0 atom stereocenters. The SMILES string of the molecule is CCCCCCCCCCCC(=O)Cl.NC(=O)NC(N)=O. The third-order valence-electron chi connectivity index (χ3n) is 2.72. The minimum atomic E-state index is -0.938. The number of hydrogen-bond acceptors (Lipinski definition) is 3. The van der Waals surface area contributed by atoms with Crippen molar-refractivity contribution >= 4 is 28.9 Å². The summed E-state index contributed by atoms with van der Waals surface area (Å²) in [6, 6.07) is -1.88. The van der Waals surface area contributed by atoms with Crippen molar-refractivity contribution in [1.29, 1.82) is 0 Å². The fourth-order valence-electron chi connectivity index (χ4n) is 1.70. The Balaban J connectivity index is 0. The molecule has 0 heterocycles. The molecule has 0 aromatic heterocycles. The standard InChI is InChI=1S/C12H23ClO.C2H5N3O2/c1-2-3-4-5-6-7-8-9-10-11-12(13)14;3-1(6)5-2(4)7/h2-11H2,1H3;(H5,3,4,5,6,7). The predicted octanol–water partition coefficient (Wildman–Crippen LogP) is 3.41. The molecule has 0 spiro atoms. The van der Waals surface area contributed by atoms with E-state index in [1.54, 1.807) is 5.32 Å². The number of urea groups is 2. The van der Waals surface area contributed by atoms with Crippen LogP contribution in [0.3, 0.4) is 0 Å². The second kappa shape index (κ2) is 16.8. The van der Waals surface area contributed by atoms with Crippen LogP contribution in [-0.4, -0.2) is 17.3 Å². The second-order valence-corrected chi connectivity index (χ2v) is 5.21. The number of carbonyl (C=O) groups excluding carboxylic acids is 3. The normalized spacial score (nSPS) is 9.43. The monoisotopic (exact) mass is 321 g/mol. The molecule has 6 nitrogen and oxygen atoms in total. The minimum Gasteiger partial charge on any atom is -0.351 e. The summed E-state index contributed by atoms with van der Waals surface area (Å²) in [5.74, 6) is 0. The van der Waals surface area contributed by atoms with Crippen molar-refractivity contribution < 1.29 is 14.4 Å². The number of primary amides is 2. The highest BCUT2D eigenvalue weighted by molar-refractivity contribution is 6.63. The van der Waals surface area contributed by atoms with Crippen LogP contribution in [-0.2, 0) is 4.79 Å². The number of carbonyl (C=O) groups is 3. The van der Waals surface area contributed by atoms with Crippen molar-refractivity contribution in [2.45, 2.75) is 71.1 Å². The third kappa shape index (κ3) is 27.8. The van der Waals surface area contributed by atoms with Crippen molar-refractivity contribution in [2.24, 2.45) is 11.5 Å². The van der Waals surface area contributed by atoms with E-state index < -0.39 is 12.1 Å². The van der Waals surface area contributed by atoms with Crippen LogP contribution in [0.1, 0.15) is 71.1 Å². The lowest BCUT2D eigenvalue weighted by Gasteiger charge is -2.00. The number of unbranched alkanes of at least 4 members (excludes halogenated alkanes) is 8. The zero-order valence-electron chi connectivity index (χ0n) is 12.8. The fourth-order valence-corrected chi connectivity index (χ4v) is 1.83. The van der Waals surface area contributed by atoms with Crippen LogP contribution < -0.4 is 16.8 Å². The molecule has 21 heavy (non-hydrogen) atoms. The highest BCUT2D eigenvalue weighted by atomic mass is 35.5. The van der Waals surface area contributed by atoms with E-state index >= 15 is 0 Å². The van der Waals surface area contributed by atoms with Crippen LogP contribution in [0.4, 0.5) is 9.59 Å². The topological polar surface area (TPSA) is 115 Å². The summed E-state index contributed by atoms with van der Waals surface area (Å²) in [6.07, 6.45) is 12.1. The number of nitrogens with one attached hydrogen (secondary N) is 1. The molecule has 0 saturated heterocycles. The molecule has 0 aliphatic rings. The first kappa shape index (κ1) is 22.0. The first-order valence-corrected chi connectivity index (χ1v) is 7.82. The predicted molar refractivity (Wildman–Crippen MR) is 85.0 cm³/mol. The average Bonchev–Trinajstić information content (AvgIpc) is 2.35. The lowest BCUT2D eigenvalue weighted by atomic mass is 10.1. The van der Waals surface area contributed by atoms with Crippen LogP contribution >= 0.6 is 11.6 Å². The van der Waals surface area contributed by atoms with Gasteiger partial charge in [-0.05, 0) is 18.0 Å². The minimum absolute atomic E-state index is 0.187. The van der Waals surface area contributed by atoms with E-state index in [0.717, 1.165) is 12.8 Å². The smallest absolute Gasteiger partial charge is 0.320 e. The van der Waals surface area contributed by atoms with E-state index in [1.165, 1.54) is 44.9 Å². The first-order valence-electron chi connectivity index (χ1n) is 7.44. The van der Waals surface area contributed by atoms with Gasteiger partial charge >= 0.3 is 12.1 Å². The number of rotatable bonds is 10. The molecule has 0 aliphatic heterocycles. The van der Waals surface area contributed by atoms with Gasteiger partial charge in [-0.2, -0.15) is 0 Å². The van der Waals surface area contributed by atoms with Gasteiger partial charge in [-0.3, -0.25) is 10.1 Å². The summed E-state index contributed by atoms with van der Waals surface area (Å²) in [7, 11) is 0. The zero-order valence-corrected chi connectivity index (χ0v) is 13.6. The number of halogens is 1. The summed E-state index contributed by atoms with van der Waals surface area (Å²) in [6.45, 7) is 2.24. The Kier molecular flexibility index (Phi) is 17.5. The molecule has 4 amide bonds. The van der Waals surface area contributed by atoms with E-state index in [-0.39, 0.29) is 5.24 Å². The summed E-state index contributed by atoms with van der Waals surface area (Å²) >= 11 is 5.24. The van der Waals surface area contributed by atoms with E-state index in [2.05, 4.69) is 18.4 Å². The Morgan fingerprint density at radius 2 is 1.19 bits per heavy atom. The van der Waals surface area contributed by atoms with Gasteiger partial charge in [-0.1, -0.05) is 58.3 Å². The van der Waals surface area contributed by atoms with Gasteiger partial charge in [0.05, 0.1) is 0 Å². The highest BCUT2D eigenvalue weighted by Crippen LogP contribution is 2.10. The molecule has 0 rings (SSSR count). The van der Waals surface area contributed by atoms with Crippen molar-refractivity contribution in [3.05, 3.63) is 0 Å². The maximum absolute atomic E-state index is 10.4. The number of amides is 4. The average molecular weight is 322 g/mol. The molecular formula is C14H28ClN3O3. The summed E-state index contributed by atoms with van der Waals surface area (Å²) < 4.78 is 0. The van der Waals surface area contributed by atoms with Gasteiger partial charge in [-0.15, -0.1) is 0 Å². The Labute approximate surface area is 132 Å². The van der Waals surface area contributed by atoms with Crippen molar-refractivity contribution in [2.75, 3.05) is 0 Å². The van der Waals surface area contributed by atoms with Gasteiger partial charge in [0.1, 0.15) is 0 Å². The van der Waals surface area contributed by atoms with E-state index in [4.69, 9.17) is 11.6 Å². The number of nitrogens with two attached hydrogens (primary N) is 2. The molecule has 124 valence electrons. The Morgan fingerprint density at radius 1 is 0.810 bits per heavy atom. The van der Waals surface area contributed by atoms with E-state index in [9.17, 15) is 14.4 Å². The van der Waals surface area contributed by atoms with Gasteiger partial charge in [-0.25, -0.2) is 9.59 Å². The molecule has 0 unspecified atom stereocenters. The first-order chi connectivity index (χ1) is 9.90. The Hall–Kier alpha value is -1.30. The number of hydrogen-bond donors (Lipinski definition) is 3.